The van der Waals surface area contributed by atoms with Crippen LogP contribution in [0.5, 0.6) is 11.5 Å². The molecule has 0 aliphatic heterocycles. The average molecular weight is 303 g/mol. The number of imidazole rings is 1. The van der Waals surface area contributed by atoms with Crippen LogP contribution in [0, 0.1) is 0 Å². The fraction of sp³-hybridized carbons (Fsp3) is 0.188. The van der Waals surface area contributed by atoms with Crippen molar-refractivity contribution in [1.82, 2.24) is 9.38 Å². The first-order valence-corrected chi connectivity index (χ1v) is 7.12. The molecule has 2 heterocycles. The van der Waals surface area contributed by atoms with Crippen molar-refractivity contribution in [1.29, 1.82) is 0 Å². The summed E-state index contributed by atoms with van der Waals surface area (Å²) in [6, 6.07) is 11.6. The van der Waals surface area contributed by atoms with E-state index in [1.165, 1.54) is 0 Å². The third-order valence-corrected chi connectivity index (χ3v) is 3.46. The second-order valence-corrected chi connectivity index (χ2v) is 4.87. The third-order valence-electron chi connectivity index (χ3n) is 3.19. The van der Waals surface area contributed by atoms with Crippen LogP contribution in [0.1, 0.15) is 11.3 Å². The molecule has 0 saturated heterocycles. The molecule has 5 heteroatoms. The highest BCUT2D eigenvalue weighted by Gasteiger charge is 2.07. The van der Waals surface area contributed by atoms with E-state index in [0.29, 0.717) is 12.5 Å². The minimum Gasteiger partial charge on any atom is -0.497 e. The van der Waals surface area contributed by atoms with Crippen LogP contribution in [-0.4, -0.2) is 16.5 Å². The molecule has 0 amide bonds. The van der Waals surface area contributed by atoms with Gasteiger partial charge < -0.3 is 13.9 Å². The largest absolute Gasteiger partial charge is 0.497 e. The molecule has 108 valence electrons. The zero-order valence-corrected chi connectivity index (χ0v) is 12.4. The zero-order valence-electron chi connectivity index (χ0n) is 11.6. The molecule has 3 aromatic rings. The molecule has 1 aromatic carbocycles. The van der Waals surface area contributed by atoms with Gasteiger partial charge in [0.2, 0.25) is 0 Å². The normalized spacial score (nSPS) is 10.8. The molecule has 4 nitrogen and oxygen atoms in total. The first-order chi connectivity index (χ1) is 10.3. The highest BCUT2D eigenvalue weighted by molar-refractivity contribution is 6.16. The molecule has 0 bridgehead atoms. The van der Waals surface area contributed by atoms with Crippen molar-refractivity contribution in [2.24, 2.45) is 0 Å². The van der Waals surface area contributed by atoms with Crippen LogP contribution in [0.4, 0.5) is 0 Å². The van der Waals surface area contributed by atoms with Crippen LogP contribution in [0.3, 0.4) is 0 Å². The SMILES string of the molecule is COc1ccc(COc2cccn3cc(CCl)nc23)cc1. The van der Waals surface area contributed by atoms with Crippen molar-refractivity contribution in [3.8, 4) is 11.5 Å². The number of benzene rings is 1. The molecular weight excluding hydrogens is 288 g/mol. The molecule has 0 aliphatic rings. The summed E-state index contributed by atoms with van der Waals surface area (Å²) >= 11 is 5.82. The van der Waals surface area contributed by atoms with Gasteiger partial charge in [0.15, 0.2) is 11.4 Å². The molecule has 0 radical (unpaired) electrons. The highest BCUT2D eigenvalue weighted by Crippen LogP contribution is 2.21. The summed E-state index contributed by atoms with van der Waals surface area (Å²) in [5.41, 5.74) is 2.68. The Balaban J connectivity index is 1.79. The van der Waals surface area contributed by atoms with Gasteiger partial charge in [0.05, 0.1) is 18.7 Å². The highest BCUT2D eigenvalue weighted by atomic mass is 35.5. The maximum Gasteiger partial charge on any atom is 0.179 e. The molecule has 21 heavy (non-hydrogen) atoms. The van der Waals surface area contributed by atoms with E-state index in [9.17, 15) is 0 Å². The predicted molar refractivity (Wildman–Crippen MR) is 82.1 cm³/mol. The van der Waals surface area contributed by atoms with Gasteiger partial charge in [-0.1, -0.05) is 12.1 Å². The van der Waals surface area contributed by atoms with Crippen LogP contribution in [0.25, 0.3) is 5.65 Å². The number of fused-ring (bicyclic) bond motifs is 1. The van der Waals surface area contributed by atoms with Gasteiger partial charge in [0, 0.05) is 12.4 Å². The summed E-state index contributed by atoms with van der Waals surface area (Å²) in [6.45, 7) is 0.479. The van der Waals surface area contributed by atoms with Gasteiger partial charge in [0.25, 0.3) is 0 Å². The molecule has 0 saturated carbocycles. The van der Waals surface area contributed by atoms with E-state index in [4.69, 9.17) is 21.1 Å². The number of pyridine rings is 1. The van der Waals surface area contributed by atoms with Crippen LogP contribution in [-0.2, 0) is 12.5 Å². The number of ether oxygens (including phenoxy) is 2. The second-order valence-electron chi connectivity index (χ2n) is 4.61. The van der Waals surface area contributed by atoms with Gasteiger partial charge in [0.1, 0.15) is 12.4 Å². The van der Waals surface area contributed by atoms with Gasteiger partial charge in [-0.05, 0) is 29.8 Å². The molecular formula is C16H15ClN2O2. The molecule has 0 N–H and O–H groups in total. The quantitative estimate of drug-likeness (QED) is 0.675. The number of halogens is 1. The Morgan fingerprint density at radius 1 is 1.19 bits per heavy atom. The summed E-state index contributed by atoms with van der Waals surface area (Å²) < 4.78 is 12.9. The van der Waals surface area contributed by atoms with Crippen molar-refractivity contribution >= 4 is 17.2 Å². The van der Waals surface area contributed by atoms with Gasteiger partial charge in [-0.2, -0.15) is 0 Å². The van der Waals surface area contributed by atoms with E-state index >= 15 is 0 Å². The van der Waals surface area contributed by atoms with Gasteiger partial charge in [-0.15, -0.1) is 11.6 Å². The number of rotatable bonds is 5. The topological polar surface area (TPSA) is 35.8 Å². The first-order valence-electron chi connectivity index (χ1n) is 6.58. The number of methoxy groups -OCH3 is 1. The van der Waals surface area contributed by atoms with Crippen molar-refractivity contribution in [2.45, 2.75) is 12.5 Å². The maximum atomic E-state index is 5.87. The Kier molecular flexibility index (Phi) is 3.97. The smallest absolute Gasteiger partial charge is 0.179 e. The van der Waals surface area contributed by atoms with Gasteiger partial charge in [-0.3, -0.25) is 0 Å². The van der Waals surface area contributed by atoms with E-state index in [1.807, 2.05) is 53.2 Å². The molecule has 0 aliphatic carbocycles. The third kappa shape index (κ3) is 2.95. The molecule has 0 unspecified atom stereocenters. The molecule has 0 spiro atoms. The lowest BCUT2D eigenvalue weighted by Gasteiger charge is -2.08. The fourth-order valence-corrected chi connectivity index (χ4v) is 2.23. The Hall–Kier alpha value is -2.20. The summed E-state index contributed by atoms with van der Waals surface area (Å²) in [4.78, 5) is 4.46. The molecule has 0 fully saturated rings. The van der Waals surface area contributed by atoms with Crippen LogP contribution in [0.2, 0.25) is 0 Å². The lowest BCUT2D eigenvalue weighted by molar-refractivity contribution is 0.308. The van der Waals surface area contributed by atoms with Crippen molar-refractivity contribution in [3.05, 3.63) is 60.0 Å². The molecule has 0 atom stereocenters. The summed E-state index contributed by atoms with van der Waals surface area (Å²) in [5.74, 6) is 1.96. The number of nitrogens with zero attached hydrogens (tertiary/aromatic N) is 2. The average Bonchev–Trinajstić information content (AvgIpc) is 2.97. The van der Waals surface area contributed by atoms with Crippen molar-refractivity contribution < 1.29 is 9.47 Å². The number of aromatic nitrogens is 2. The maximum absolute atomic E-state index is 5.87. The second kappa shape index (κ2) is 6.06. The Morgan fingerprint density at radius 3 is 2.71 bits per heavy atom. The summed E-state index contributed by atoms with van der Waals surface area (Å²) in [5, 5.41) is 0. The Morgan fingerprint density at radius 2 is 2.00 bits per heavy atom. The molecule has 3 rings (SSSR count). The Bertz CT molecular complexity index is 738. The first kappa shape index (κ1) is 13.8. The van der Waals surface area contributed by atoms with Crippen LogP contribution >= 0.6 is 11.6 Å². The minimum absolute atomic E-state index is 0.388. The van der Waals surface area contributed by atoms with E-state index < -0.39 is 0 Å². The van der Waals surface area contributed by atoms with Crippen LogP contribution in [0.15, 0.2) is 48.8 Å². The lowest BCUT2D eigenvalue weighted by atomic mass is 10.2. The van der Waals surface area contributed by atoms with Crippen molar-refractivity contribution in [3.63, 3.8) is 0 Å². The van der Waals surface area contributed by atoms with Gasteiger partial charge in [-0.25, -0.2) is 4.98 Å². The monoisotopic (exact) mass is 302 g/mol. The number of hydrogen-bond acceptors (Lipinski definition) is 3. The van der Waals surface area contributed by atoms with E-state index in [1.54, 1.807) is 7.11 Å². The summed E-state index contributed by atoms with van der Waals surface area (Å²) in [6.07, 6.45) is 3.83. The van der Waals surface area contributed by atoms with Crippen molar-refractivity contribution in [2.75, 3.05) is 7.11 Å². The number of hydrogen-bond donors (Lipinski definition) is 0. The summed E-state index contributed by atoms with van der Waals surface area (Å²) in [7, 11) is 1.65. The Labute approximate surface area is 127 Å². The minimum atomic E-state index is 0.388. The zero-order chi connectivity index (χ0) is 14.7. The lowest BCUT2D eigenvalue weighted by Crippen LogP contribution is -1.97. The standard InChI is InChI=1S/C16H15ClN2O2/c1-20-14-6-4-12(5-7-14)11-21-15-3-2-8-19-10-13(9-17)18-16(15)19/h2-8,10H,9,11H2,1H3. The fourth-order valence-electron chi connectivity index (χ4n) is 2.10. The predicted octanol–water partition coefficient (Wildman–Crippen LogP) is 3.66. The van der Waals surface area contributed by atoms with E-state index in [0.717, 1.165) is 28.4 Å². The van der Waals surface area contributed by atoms with Gasteiger partial charge >= 0.3 is 0 Å². The van der Waals surface area contributed by atoms with E-state index in [-0.39, 0.29) is 0 Å². The number of alkyl halides is 1. The molecule has 2 aromatic heterocycles. The van der Waals surface area contributed by atoms with Crippen LogP contribution < -0.4 is 9.47 Å². The van der Waals surface area contributed by atoms with E-state index in [2.05, 4.69) is 4.98 Å².